The zero-order chi connectivity index (χ0) is 15.1. The molecular weight excluding hydrogens is 266 g/mol. The summed E-state index contributed by atoms with van der Waals surface area (Å²) in [6.45, 7) is 2.74. The maximum Gasteiger partial charge on any atom is 0.351 e. The number of carbonyl (C=O) groups is 1. The molecule has 1 saturated heterocycles. The first-order valence-corrected chi connectivity index (χ1v) is 6.14. The van der Waals surface area contributed by atoms with Crippen LogP contribution in [0.15, 0.2) is 11.0 Å². The number of anilines is 1. The van der Waals surface area contributed by atoms with Crippen LogP contribution in [0.2, 0.25) is 0 Å². The molecule has 0 aliphatic carbocycles. The Morgan fingerprint density at radius 3 is 2.85 bits per heavy atom. The Bertz CT molecular complexity index is 599. The summed E-state index contributed by atoms with van der Waals surface area (Å²) in [4.78, 5) is 26.9. The van der Waals surface area contributed by atoms with Crippen molar-refractivity contribution in [2.75, 3.05) is 12.3 Å². The molecule has 1 fully saturated rings. The third-order valence-electron chi connectivity index (χ3n) is 3.77. The molecule has 8 heteroatoms. The van der Waals surface area contributed by atoms with E-state index in [-0.39, 0.29) is 12.2 Å². The van der Waals surface area contributed by atoms with E-state index in [0.717, 1.165) is 0 Å². The zero-order valence-corrected chi connectivity index (χ0v) is 11.2. The highest BCUT2D eigenvalue weighted by Gasteiger charge is 2.51. The van der Waals surface area contributed by atoms with E-state index in [1.807, 2.05) is 0 Å². The molecule has 4 N–H and O–H groups in total. The lowest BCUT2D eigenvalue weighted by molar-refractivity contribution is -0.152. The first-order chi connectivity index (χ1) is 9.29. The van der Waals surface area contributed by atoms with E-state index < -0.39 is 36.0 Å². The fourth-order valence-corrected chi connectivity index (χ4v) is 2.30. The summed E-state index contributed by atoms with van der Waals surface area (Å²) in [5, 5.41) is 18.6. The molecule has 0 bridgehead atoms. The molecule has 3 atom stereocenters. The van der Waals surface area contributed by atoms with Crippen LogP contribution in [0, 0.1) is 12.3 Å². The van der Waals surface area contributed by atoms with E-state index in [9.17, 15) is 19.8 Å². The molecule has 0 spiro atoms. The number of aliphatic hydroxyl groups is 1. The van der Waals surface area contributed by atoms with Gasteiger partial charge in [0.05, 0.1) is 18.1 Å². The van der Waals surface area contributed by atoms with Gasteiger partial charge in [0.2, 0.25) is 0 Å². The minimum Gasteiger partial charge on any atom is -0.481 e. The van der Waals surface area contributed by atoms with Crippen molar-refractivity contribution in [3.8, 4) is 0 Å². The first-order valence-electron chi connectivity index (χ1n) is 6.14. The van der Waals surface area contributed by atoms with Crippen molar-refractivity contribution in [1.29, 1.82) is 0 Å². The van der Waals surface area contributed by atoms with Gasteiger partial charge in [-0.25, -0.2) is 4.79 Å². The van der Waals surface area contributed by atoms with Crippen LogP contribution in [0.5, 0.6) is 0 Å². The molecule has 3 unspecified atom stereocenters. The van der Waals surface area contributed by atoms with Crippen LogP contribution in [-0.2, 0) is 9.53 Å². The van der Waals surface area contributed by atoms with Crippen LogP contribution >= 0.6 is 0 Å². The Kier molecular flexibility index (Phi) is 3.53. The number of carboxylic acid groups (broad SMARTS) is 1. The number of aliphatic carboxylic acids is 1. The molecule has 1 aliphatic heterocycles. The van der Waals surface area contributed by atoms with E-state index in [1.165, 1.54) is 17.7 Å². The van der Waals surface area contributed by atoms with E-state index in [0.29, 0.717) is 5.56 Å². The van der Waals surface area contributed by atoms with Crippen LogP contribution in [-0.4, -0.2) is 38.4 Å². The molecule has 2 heterocycles. The van der Waals surface area contributed by atoms with Gasteiger partial charge in [-0.1, -0.05) is 0 Å². The average Bonchev–Trinajstić information content (AvgIpc) is 2.72. The Balaban J connectivity index is 2.40. The fraction of sp³-hybridized carbons (Fsp3) is 0.583. The first kappa shape index (κ1) is 14.5. The lowest BCUT2D eigenvalue weighted by Gasteiger charge is -2.22. The Labute approximate surface area is 114 Å². The predicted octanol–water partition coefficient (Wildman–Crippen LogP) is -0.495. The molecule has 1 aliphatic rings. The van der Waals surface area contributed by atoms with Gasteiger partial charge in [-0.2, -0.15) is 4.98 Å². The van der Waals surface area contributed by atoms with Crippen molar-refractivity contribution in [2.45, 2.75) is 32.6 Å². The topological polar surface area (TPSA) is 128 Å². The average molecular weight is 283 g/mol. The lowest BCUT2D eigenvalue weighted by Crippen LogP contribution is -2.38. The molecule has 8 nitrogen and oxygen atoms in total. The number of aliphatic hydroxyl groups excluding tert-OH is 1. The van der Waals surface area contributed by atoms with E-state index in [4.69, 9.17) is 10.5 Å². The molecule has 1 aromatic rings. The summed E-state index contributed by atoms with van der Waals surface area (Å²) in [5.74, 6) is -0.948. The third kappa shape index (κ3) is 2.16. The molecule has 110 valence electrons. The normalized spacial score (nSPS) is 29.6. The summed E-state index contributed by atoms with van der Waals surface area (Å²) >= 11 is 0. The van der Waals surface area contributed by atoms with E-state index in [1.54, 1.807) is 6.92 Å². The van der Waals surface area contributed by atoms with Crippen molar-refractivity contribution >= 4 is 11.8 Å². The van der Waals surface area contributed by atoms with E-state index >= 15 is 0 Å². The maximum atomic E-state index is 11.8. The molecule has 2 rings (SSSR count). The number of ether oxygens (including phenoxy) is 1. The highest BCUT2D eigenvalue weighted by molar-refractivity contribution is 5.75. The molecule has 0 amide bonds. The number of carboxylic acids is 1. The fourth-order valence-electron chi connectivity index (χ4n) is 2.30. The second-order valence-corrected chi connectivity index (χ2v) is 5.19. The maximum absolute atomic E-state index is 11.8. The molecular formula is C12H17N3O5. The second-order valence-electron chi connectivity index (χ2n) is 5.19. The number of hydrogen-bond acceptors (Lipinski definition) is 6. The molecule has 0 saturated carbocycles. The largest absolute Gasteiger partial charge is 0.481 e. The monoisotopic (exact) mass is 283 g/mol. The minimum atomic E-state index is -1.26. The summed E-state index contributed by atoms with van der Waals surface area (Å²) in [6.07, 6.45) is -0.113. The third-order valence-corrected chi connectivity index (χ3v) is 3.77. The number of nitrogens with two attached hydrogens (primary N) is 1. The van der Waals surface area contributed by atoms with Crippen LogP contribution in [0.4, 0.5) is 5.82 Å². The Morgan fingerprint density at radius 2 is 2.35 bits per heavy atom. The zero-order valence-electron chi connectivity index (χ0n) is 11.2. The van der Waals surface area contributed by atoms with Crippen LogP contribution in [0.3, 0.4) is 0 Å². The van der Waals surface area contributed by atoms with Gasteiger partial charge in [0.15, 0.2) is 0 Å². The molecule has 0 radical (unpaired) electrons. The van der Waals surface area contributed by atoms with Crippen molar-refractivity contribution < 1.29 is 19.7 Å². The summed E-state index contributed by atoms with van der Waals surface area (Å²) in [7, 11) is 0. The highest BCUT2D eigenvalue weighted by Crippen LogP contribution is 2.42. The van der Waals surface area contributed by atoms with Crippen molar-refractivity contribution in [1.82, 2.24) is 9.55 Å². The predicted molar refractivity (Wildman–Crippen MR) is 69.0 cm³/mol. The van der Waals surface area contributed by atoms with Gasteiger partial charge in [0, 0.05) is 18.2 Å². The summed E-state index contributed by atoms with van der Waals surface area (Å²) in [5.41, 5.74) is 4.28. The quantitative estimate of drug-likeness (QED) is 0.682. The number of nitrogen functional groups attached to an aromatic ring is 1. The van der Waals surface area contributed by atoms with Crippen LogP contribution in [0.25, 0.3) is 0 Å². The number of aromatic nitrogens is 2. The van der Waals surface area contributed by atoms with Gasteiger partial charge in [0.25, 0.3) is 0 Å². The van der Waals surface area contributed by atoms with Gasteiger partial charge < -0.3 is 20.7 Å². The standard InChI is InChI=1S/C12H17N3O5/c1-6-4-15(11(19)14-9(6)13)8-3-12(2,10(17)18)7(5-16)20-8/h4,7-8,16H,3,5H2,1-2H3,(H,17,18)(H2,13,14,19). The Morgan fingerprint density at radius 1 is 1.70 bits per heavy atom. The van der Waals surface area contributed by atoms with Gasteiger partial charge in [-0.3, -0.25) is 9.36 Å². The van der Waals surface area contributed by atoms with Crippen molar-refractivity contribution in [3.05, 3.63) is 22.2 Å². The molecule has 1 aromatic heterocycles. The van der Waals surface area contributed by atoms with Crippen molar-refractivity contribution in [2.24, 2.45) is 5.41 Å². The summed E-state index contributed by atoms with van der Waals surface area (Å²) < 4.78 is 6.71. The minimum absolute atomic E-state index is 0.0680. The molecule has 0 aromatic carbocycles. The number of aryl methyl sites for hydroxylation is 1. The highest BCUT2D eigenvalue weighted by atomic mass is 16.5. The number of nitrogens with zero attached hydrogens (tertiary/aromatic N) is 2. The van der Waals surface area contributed by atoms with Crippen molar-refractivity contribution in [3.63, 3.8) is 0 Å². The van der Waals surface area contributed by atoms with Crippen LogP contribution < -0.4 is 11.4 Å². The smallest absolute Gasteiger partial charge is 0.351 e. The van der Waals surface area contributed by atoms with Gasteiger partial charge >= 0.3 is 11.7 Å². The van der Waals surface area contributed by atoms with Crippen LogP contribution in [0.1, 0.15) is 25.1 Å². The number of rotatable bonds is 3. The summed E-state index contributed by atoms with van der Waals surface area (Å²) in [6, 6.07) is 0. The second kappa shape index (κ2) is 4.88. The molecule has 20 heavy (non-hydrogen) atoms. The lowest BCUT2D eigenvalue weighted by atomic mass is 9.83. The van der Waals surface area contributed by atoms with Gasteiger partial charge in [-0.05, 0) is 13.8 Å². The van der Waals surface area contributed by atoms with Gasteiger partial charge in [0.1, 0.15) is 12.0 Å². The Hall–Kier alpha value is -1.93. The SMILES string of the molecule is Cc1cn(C2CC(C)(C(=O)O)C(CO)O2)c(=O)nc1N. The van der Waals surface area contributed by atoms with E-state index in [2.05, 4.69) is 4.98 Å². The number of hydrogen-bond donors (Lipinski definition) is 3. The van der Waals surface area contributed by atoms with Gasteiger partial charge in [-0.15, -0.1) is 0 Å².